The van der Waals surface area contributed by atoms with E-state index >= 15 is 0 Å². The molecule has 0 spiro atoms. The summed E-state index contributed by atoms with van der Waals surface area (Å²) in [5, 5.41) is 15.2. The highest BCUT2D eigenvalue weighted by Gasteiger charge is 2.35. The van der Waals surface area contributed by atoms with Crippen molar-refractivity contribution >= 4 is 34.3 Å². The summed E-state index contributed by atoms with van der Waals surface area (Å²) >= 11 is 5.90. The lowest BCUT2D eigenvalue weighted by atomic mass is 10.2. The number of likely N-dealkylation sites (N-methyl/N-ethyl adjacent to an activating group) is 2. The highest BCUT2D eigenvalue weighted by Crippen LogP contribution is 2.34. The molecule has 0 radical (unpaired) electrons. The Hall–Kier alpha value is -3.44. The predicted octanol–water partition coefficient (Wildman–Crippen LogP) is 1.22. The Morgan fingerprint density at radius 3 is 2.51 bits per heavy atom. The number of piperazine rings is 1. The van der Waals surface area contributed by atoms with E-state index in [2.05, 4.69) is 10.00 Å². The summed E-state index contributed by atoms with van der Waals surface area (Å²) < 4.78 is 16.2. The molecule has 12 heteroatoms. The van der Waals surface area contributed by atoms with Crippen molar-refractivity contribution in [3.8, 4) is 5.75 Å². The molecule has 2 aliphatic heterocycles. The summed E-state index contributed by atoms with van der Waals surface area (Å²) in [4.78, 5) is 45.2. The number of aromatic hydroxyl groups is 1. The molecule has 1 fully saturated rings. The van der Waals surface area contributed by atoms with Gasteiger partial charge in [0.1, 0.15) is 11.2 Å². The molecule has 0 unspecified atom stereocenters. The molecule has 184 valence electrons. The van der Waals surface area contributed by atoms with Crippen LogP contribution >= 0.6 is 11.6 Å². The summed E-state index contributed by atoms with van der Waals surface area (Å²) in [5.74, 6) is -1.90. The Bertz CT molecular complexity index is 1430. The lowest BCUT2D eigenvalue weighted by Gasteiger charge is -2.32. The van der Waals surface area contributed by atoms with Gasteiger partial charge in [0.15, 0.2) is 17.1 Å². The normalized spacial score (nSPS) is 16.7. The van der Waals surface area contributed by atoms with Crippen molar-refractivity contribution < 1.29 is 19.1 Å². The second-order valence-electron chi connectivity index (χ2n) is 8.95. The van der Waals surface area contributed by atoms with Gasteiger partial charge in [0.2, 0.25) is 0 Å². The van der Waals surface area contributed by atoms with Gasteiger partial charge in [-0.3, -0.25) is 14.4 Å². The minimum absolute atomic E-state index is 0.0173. The number of rotatable bonds is 3. The fourth-order valence-corrected chi connectivity index (χ4v) is 4.79. The molecular weight excluding hydrogens is 479 g/mol. The fourth-order valence-electron chi connectivity index (χ4n) is 4.59. The number of carbonyl (C=O) groups is 2. The van der Waals surface area contributed by atoms with Gasteiger partial charge in [-0.25, -0.2) is 9.07 Å². The largest absolute Gasteiger partial charge is 0.505 e. The molecule has 35 heavy (non-hydrogen) atoms. The maximum Gasteiger partial charge on any atom is 0.280 e. The first-order chi connectivity index (χ1) is 16.7. The SMILES string of the molecule is CN1CCN(C(=O)c2nn(Cc3ccc(F)c(Cl)c3)c(=O)c3c(O)c4n(c23)CCN(C)C4=O)CC1. The van der Waals surface area contributed by atoms with Crippen LogP contribution < -0.4 is 5.56 Å². The second-order valence-corrected chi connectivity index (χ2v) is 9.36. The van der Waals surface area contributed by atoms with Crippen molar-refractivity contribution in [2.45, 2.75) is 13.1 Å². The minimum Gasteiger partial charge on any atom is -0.505 e. The zero-order valence-corrected chi connectivity index (χ0v) is 20.0. The Morgan fingerprint density at radius 1 is 1.11 bits per heavy atom. The number of hydrogen-bond acceptors (Lipinski definition) is 6. The van der Waals surface area contributed by atoms with Crippen LogP contribution in [0.15, 0.2) is 23.0 Å². The molecule has 1 N–H and O–H groups in total. The number of hydrogen-bond donors (Lipinski definition) is 1. The summed E-state index contributed by atoms with van der Waals surface area (Å²) in [7, 11) is 3.57. The average molecular weight is 503 g/mol. The third-order valence-corrected chi connectivity index (χ3v) is 6.94. The zero-order chi connectivity index (χ0) is 25.0. The first kappa shape index (κ1) is 23.3. The van der Waals surface area contributed by atoms with E-state index in [0.717, 1.165) is 4.68 Å². The quantitative estimate of drug-likeness (QED) is 0.577. The first-order valence-electron chi connectivity index (χ1n) is 11.2. The molecule has 2 amide bonds. The van der Waals surface area contributed by atoms with Crippen LogP contribution in [0.4, 0.5) is 4.39 Å². The number of amides is 2. The standard InChI is InChI=1S/C23H24ClFN6O4/c1-27-5-8-29(9-6-27)22(34)17-18-16(20(32)19-23(35)28(2)7-10-30(18)19)21(33)31(26-17)12-13-3-4-15(25)14(24)11-13/h3-4,11,32H,5-10,12H2,1-2H3. The molecule has 2 aromatic heterocycles. The molecule has 10 nitrogen and oxygen atoms in total. The maximum atomic E-state index is 13.6. The summed E-state index contributed by atoms with van der Waals surface area (Å²) in [6.07, 6.45) is 0. The predicted molar refractivity (Wildman–Crippen MR) is 127 cm³/mol. The van der Waals surface area contributed by atoms with E-state index in [0.29, 0.717) is 44.8 Å². The van der Waals surface area contributed by atoms with Crippen LogP contribution in [0.25, 0.3) is 10.9 Å². The van der Waals surface area contributed by atoms with Crippen LogP contribution in [-0.2, 0) is 13.1 Å². The van der Waals surface area contributed by atoms with Gasteiger partial charge in [0, 0.05) is 46.3 Å². The topological polar surface area (TPSA) is 104 Å². The van der Waals surface area contributed by atoms with E-state index in [1.807, 2.05) is 7.05 Å². The van der Waals surface area contributed by atoms with Crippen LogP contribution in [0.3, 0.4) is 0 Å². The summed E-state index contributed by atoms with van der Waals surface area (Å²) in [6.45, 7) is 2.88. The van der Waals surface area contributed by atoms with Crippen LogP contribution in [0, 0.1) is 5.82 Å². The maximum absolute atomic E-state index is 13.6. The van der Waals surface area contributed by atoms with Gasteiger partial charge in [0.05, 0.1) is 17.1 Å². The van der Waals surface area contributed by atoms with Crippen molar-refractivity contribution in [2.75, 3.05) is 46.8 Å². The van der Waals surface area contributed by atoms with Crippen LogP contribution in [0.2, 0.25) is 5.02 Å². The van der Waals surface area contributed by atoms with E-state index in [1.54, 1.807) is 11.9 Å². The summed E-state index contributed by atoms with van der Waals surface area (Å²) in [5.41, 5.74) is -0.0759. The molecule has 0 aliphatic carbocycles. The molecule has 1 aromatic carbocycles. The van der Waals surface area contributed by atoms with Gasteiger partial charge >= 0.3 is 0 Å². The third-order valence-electron chi connectivity index (χ3n) is 6.65. The second kappa shape index (κ2) is 8.65. The number of fused-ring (bicyclic) bond motifs is 3. The van der Waals surface area contributed by atoms with E-state index in [-0.39, 0.29) is 39.8 Å². The highest BCUT2D eigenvalue weighted by molar-refractivity contribution is 6.30. The van der Waals surface area contributed by atoms with E-state index < -0.39 is 23.0 Å². The van der Waals surface area contributed by atoms with Crippen molar-refractivity contribution in [1.29, 1.82) is 0 Å². The van der Waals surface area contributed by atoms with E-state index in [1.165, 1.54) is 27.7 Å². The van der Waals surface area contributed by atoms with Crippen molar-refractivity contribution in [2.24, 2.45) is 0 Å². The van der Waals surface area contributed by atoms with Gasteiger partial charge < -0.3 is 24.4 Å². The number of halogens is 2. The molecule has 4 heterocycles. The van der Waals surface area contributed by atoms with Gasteiger partial charge in [-0.05, 0) is 24.7 Å². The first-order valence-corrected chi connectivity index (χ1v) is 11.6. The van der Waals surface area contributed by atoms with Gasteiger partial charge in [-0.15, -0.1) is 0 Å². The van der Waals surface area contributed by atoms with E-state index in [9.17, 15) is 23.9 Å². The lowest BCUT2D eigenvalue weighted by molar-refractivity contribution is 0.0655. The fraction of sp³-hybridized carbons (Fsp3) is 0.391. The molecule has 5 rings (SSSR count). The number of aromatic nitrogens is 3. The average Bonchev–Trinajstić information content (AvgIpc) is 3.13. The monoisotopic (exact) mass is 502 g/mol. The zero-order valence-electron chi connectivity index (χ0n) is 19.3. The number of benzene rings is 1. The molecule has 2 aliphatic rings. The number of nitrogens with zero attached hydrogens (tertiary/aromatic N) is 6. The molecular formula is C23H24ClFN6O4. The van der Waals surface area contributed by atoms with Crippen LogP contribution in [0.5, 0.6) is 5.75 Å². The van der Waals surface area contributed by atoms with Crippen molar-refractivity contribution in [1.82, 2.24) is 29.0 Å². The van der Waals surface area contributed by atoms with Crippen molar-refractivity contribution in [3.63, 3.8) is 0 Å². The Balaban J connectivity index is 1.72. The van der Waals surface area contributed by atoms with Crippen LogP contribution in [0.1, 0.15) is 26.5 Å². The Kier molecular flexibility index (Phi) is 5.76. The number of carbonyl (C=O) groups excluding carboxylic acids is 2. The van der Waals surface area contributed by atoms with Crippen molar-refractivity contribution in [3.05, 3.63) is 56.3 Å². The molecule has 0 saturated carbocycles. The third kappa shape index (κ3) is 3.84. The van der Waals surface area contributed by atoms with Crippen LogP contribution in [-0.4, -0.2) is 92.8 Å². The molecule has 0 bridgehead atoms. The smallest absolute Gasteiger partial charge is 0.280 e. The molecule has 0 atom stereocenters. The molecule has 1 saturated heterocycles. The van der Waals surface area contributed by atoms with Gasteiger partial charge in [-0.2, -0.15) is 5.10 Å². The highest BCUT2D eigenvalue weighted by atomic mass is 35.5. The molecule has 3 aromatic rings. The van der Waals surface area contributed by atoms with E-state index in [4.69, 9.17) is 11.6 Å². The van der Waals surface area contributed by atoms with Gasteiger partial charge in [-0.1, -0.05) is 17.7 Å². The minimum atomic E-state index is -0.662. The Morgan fingerprint density at radius 2 is 1.83 bits per heavy atom. The lowest BCUT2D eigenvalue weighted by Crippen LogP contribution is -2.47. The summed E-state index contributed by atoms with van der Waals surface area (Å²) in [6, 6.07) is 4.02. The van der Waals surface area contributed by atoms with Gasteiger partial charge in [0.25, 0.3) is 17.4 Å². The Labute approximate surface area is 204 Å².